The van der Waals surface area contributed by atoms with Crippen LogP contribution in [0.1, 0.15) is 39.0 Å². The van der Waals surface area contributed by atoms with E-state index in [0.717, 1.165) is 38.3 Å². The van der Waals surface area contributed by atoms with E-state index in [-0.39, 0.29) is 0 Å². The monoisotopic (exact) mass is 240 g/mol. The predicted octanol–water partition coefficient (Wildman–Crippen LogP) is 1.88. The summed E-state index contributed by atoms with van der Waals surface area (Å²) >= 11 is 0. The van der Waals surface area contributed by atoms with Crippen LogP contribution >= 0.6 is 0 Å². The number of hydrogen-bond donors (Lipinski definition) is 1. The highest BCUT2D eigenvalue weighted by Crippen LogP contribution is 2.28. The van der Waals surface area contributed by atoms with Crippen molar-refractivity contribution < 1.29 is 4.74 Å². The topological polar surface area (TPSA) is 24.5 Å². The number of nitrogens with one attached hydrogen (secondary N) is 1. The van der Waals surface area contributed by atoms with Gasteiger partial charge >= 0.3 is 0 Å². The zero-order valence-electron chi connectivity index (χ0n) is 11.3. The fourth-order valence-corrected chi connectivity index (χ4v) is 3.28. The second kappa shape index (κ2) is 7.34. The average Bonchev–Trinajstić information content (AvgIpc) is 2.63. The molecule has 1 saturated heterocycles. The summed E-state index contributed by atoms with van der Waals surface area (Å²) in [4.78, 5) is 2.59. The standard InChI is InChI=1S/C14H28N2O/c1-2-15-14-6-3-5-13(14)7-9-16-8-4-11-17-12-10-16/h13-15H,2-12H2,1H3. The lowest BCUT2D eigenvalue weighted by atomic mass is 9.99. The number of hydrogen-bond acceptors (Lipinski definition) is 3. The van der Waals surface area contributed by atoms with Gasteiger partial charge in [0.05, 0.1) is 6.61 Å². The van der Waals surface area contributed by atoms with Crippen molar-refractivity contribution in [2.45, 2.75) is 45.1 Å². The van der Waals surface area contributed by atoms with Crippen molar-refractivity contribution in [2.24, 2.45) is 5.92 Å². The van der Waals surface area contributed by atoms with E-state index in [1.54, 1.807) is 0 Å². The molecule has 1 N–H and O–H groups in total. The van der Waals surface area contributed by atoms with Crippen LogP contribution in [0.2, 0.25) is 0 Å². The van der Waals surface area contributed by atoms with Crippen molar-refractivity contribution in [3.63, 3.8) is 0 Å². The molecule has 2 rings (SSSR count). The molecular formula is C14H28N2O. The van der Waals surface area contributed by atoms with Gasteiger partial charge in [0.15, 0.2) is 0 Å². The van der Waals surface area contributed by atoms with Gasteiger partial charge in [0.1, 0.15) is 0 Å². The molecule has 1 saturated carbocycles. The second-order valence-corrected chi connectivity index (χ2v) is 5.45. The van der Waals surface area contributed by atoms with Crippen LogP contribution in [0.3, 0.4) is 0 Å². The van der Waals surface area contributed by atoms with Crippen LogP contribution in [-0.2, 0) is 4.74 Å². The van der Waals surface area contributed by atoms with Crippen LogP contribution in [0.25, 0.3) is 0 Å². The number of nitrogens with zero attached hydrogens (tertiary/aromatic N) is 1. The highest BCUT2D eigenvalue weighted by Gasteiger charge is 2.26. The maximum absolute atomic E-state index is 5.50. The Morgan fingerprint density at radius 3 is 3.00 bits per heavy atom. The van der Waals surface area contributed by atoms with Gasteiger partial charge in [-0.2, -0.15) is 0 Å². The largest absolute Gasteiger partial charge is 0.380 e. The van der Waals surface area contributed by atoms with Gasteiger partial charge in [-0.1, -0.05) is 13.3 Å². The summed E-state index contributed by atoms with van der Waals surface area (Å²) < 4.78 is 5.50. The third-order valence-corrected chi connectivity index (χ3v) is 4.26. The van der Waals surface area contributed by atoms with Gasteiger partial charge in [-0.25, -0.2) is 0 Å². The molecule has 3 nitrogen and oxygen atoms in total. The Morgan fingerprint density at radius 1 is 1.18 bits per heavy atom. The van der Waals surface area contributed by atoms with Gasteiger partial charge in [0, 0.05) is 25.7 Å². The van der Waals surface area contributed by atoms with Crippen LogP contribution in [0.4, 0.5) is 0 Å². The van der Waals surface area contributed by atoms with Crippen LogP contribution < -0.4 is 5.32 Å². The molecule has 17 heavy (non-hydrogen) atoms. The van der Waals surface area contributed by atoms with Crippen molar-refractivity contribution in [3.05, 3.63) is 0 Å². The maximum Gasteiger partial charge on any atom is 0.0593 e. The molecule has 0 radical (unpaired) electrons. The van der Waals surface area contributed by atoms with E-state index in [9.17, 15) is 0 Å². The average molecular weight is 240 g/mol. The molecule has 3 heteroatoms. The van der Waals surface area contributed by atoms with E-state index in [1.165, 1.54) is 45.2 Å². The van der Waals surface area contributed by atoms with Crippen molar-refractivity contribution >= 4 is 0 Å². The molecule has 0 spiro atoms. The summed E-state index contributed by atoms with van der Waals surface area (Å²) in [5, 5.41) is 3.65. The van der Waals surface area contributed by atoms with Gasteiger partial charge in [-0.05, 0) is 44.7 Å². The smallest absolute Gasteiger partial charge is 0.0593 e. The van der Waals surface area contributed by atoms with Gasteiger partial charge in [-0.15, -0.1) is 0 Å². The minimum absolute atomic E-state index is 0.795. The minimum atomic E-state index is 0.795. The molecule has 0 amide bonds. The van der Waals surface area contributed by atoms with Crippen molar-refractivity contribution in [3.8, 4) is 0 Å². The molecule has 1 aliphatic carbocycles. The summed E-state index contributed by atoms with van der Waals surface area (Å²) in [5.41, 5.74) is 0. The first-order valence-corrected chi connectivity index (χ1v) is 7.43. The molecule has 2 unspecified atom stereocenters. The molecule has 2 aliphatic rings. The van der Waals surface area contributed by atoms with Crippen molar-refractivity contribution in [1.82, 2.24) is 10.2 Å². The predicted molar refractivity (Wildman–Crippen MR) is 71.3 cm³/mol. The first-order chi connectivity index (χ1) is 8.40. The van der Waals surface area contributed by atoms with E-state index in [1.807, 2.05) is 0 Å². The van der Waals surface area contributed by atoms with Gasteiger partial charge < -0.3 is 15.0 Å². The molecule has 0 aromatic rings. The van der Waals surface area contributed by atoms with Crippen LogP contribution in [0.15, 0.2) is 0 Å². The summed E-state index contributed by atoms with van der Waals surface area (Å²) in [6, 6.07) is 0.795. The molecule has 2 atom stereocenters. The van der Waals surface area contributed by atoms with E-state index in [4.69, 9.17) is 4.74 Å². The van der Waals surface area contributed by atoms with Gasteiger partial charge in [-0.3, -0.25) is 0 Å². The maximum atomic E-state index is 5.50. The fourth-order valence-electron chi connectivity index (χ4n) is 3.28. The lowest BCUT2D eigenvalue weighted by molar-refractivity contribution is 0.140. The molecule has 1 heterocycles. The number of ether oxygens (including phenoxy) is 1. The quantitative estimate of drug-likeness (QED) is 0.794. The van der Waals surface area contributed by atoms with Gasteiger partial charge in [0.25, 0.3) is 0 Å². The fraction of sp³-hybridized carbons (Fsp3) is 1.00. The highest BCUT2D eigenvalue weighted by molar-refractivity contribution is 4.83. The second-order valence-electron chi connectivity index (χ2n) is 5.45. The molecule has 100 valence electrons. The van der Waals surface area contributed by atoms with Crippen LogP contribution in [0.5, 0.6) is 0 Å². The third kappa shape index (κ3) is 4.23. The molecule has 2 fully saturated rings. The molecule has 1 aliphatic heterocycles. The molecule has 0 bridgehead atoms. The Labute approximate surface area is 106 Å². The van der Waals surface area contributed by atoms with Crippen LogP contribution in [-0.4, -0.2) is 50.3 Å². The first-order valence-electron chi connectivity index (χ1n) is 7.43. The normalized spacial score (nSPS) is 31.6. The summed E-state index contributed by atoms with van der Waals surface area (Å²) in [6.07, 6.45) is 6.83. The van der Waals surface area contributed by atoms with E-state index in [0.29, 0.717) is 0 Å². The lowest BCUT2D eigenvalue weighted by Gasteiger charge is -2.24. The third-order valence-electron chi connectivity index (χ3n) is 4.26. The Kier molecular flexibility index (Phi) is 5.75. The Hall–Kier alpha value is -0.120. The molecule has 0 aromatic heterocycles. The zero-order valence-corrected chi connectivity index (χ0v) is 11.3. The lowest BCUT2D eigenvalue weighted by Crippen LogP contribution is -2.35. The zero-order chi connectivity index (χ0) is 11.9. The minimum Gasteiger partial charge on any atom is -0.380 e. The number of rotatable bonds is 5. The first kappa shape index (κ1) is 13.3. The van der Waals surface area contributed by atoms with E-state index < -0.39 is 0 Å². The summed E-state index contributed by atoms with van der Waals surface area (Å²) in [5.74, 6) is 0.916. The Balaban J connectivity index is 1.69. The van der Waals surface area contributed by atoms with Crippen molar-refractivity contribution in [1.29, 1.82) is 0 Å². The van der Waals surface area contributed by atoms with Crippen LogP contribution in [0, 0.1) is 5.92 Å². The van der Waals surface area contributed by atoms with E-state index >= 15 is 0 Å². The molecular weight excluding hydrogens is 212 g/mol. The highest BCUT2D eigenvalue weighted by atomic mass is 16.5. The summed E-state index contributed by atoms with van der Waals surface area (Å²) in [7, 11) is 0. The summed E-state index contributed by atoms with van der Waals surface area (Å²) in [6.45, 7) is 8.88. The SMILES string of the molecule is CCNC1CCCC1CCN1CCCOCC1. The Morgan fingerprint density at radius 2 is 2.12 bits per heavy atom. The Bertz CT molecular complexity index is 202. The van der Waals surface area contributed by atoms with Crippen molar-refractivity contribution in [2.75, 3.05) is 39.4 Å². The molecule has 0 aromatic carbocycles. The van der Waals surface area contributed by atoms with E-state index in [2.05, 4.69) is 17.1 Å². The van der Waals surface area contributed by atoms with Gasteiger partial charge in [0.2, 0.25) is 0 Å².